The fourth-order valence-electron chi connectivity index (χ4n) is 4.25. The average molecular weight is 767 g/mol. The Morgan fingerprint density at radius 3 is 1.42 bits per heavy atom. The number of hydrogen-bond donors (Lipinski definition) is 3. The van der Waals surface area contributed by atoms with E-state index in [9.17, 15) is 34.1 Å². The van der Waals surface area contributed by atoms with Crippen molar-refractivity contribution in [1.82, 2.24) is 16.0 Å². The molecule has 0 heterocycles. The first-order valence-electron chi connectivity index (χ1n) is 16.8. The molecule has 2 atom stereocenters. The zero-order valence-corrected chi connectivity index (χ0v) is 33.0. The quantitative estimate of drug-likeness (QED) is 0.0817. The van der Waals surface area contributed by atoms with E-state index in [2.05, 4.69) is 44.4 Å². The van der Waals surface area contributed by atoms with Gasteiger partial charge in [-0.05, 0) is 97.0 Å². The summed E-state index contributed by atoms with van der Waals surface area (Å²) in [6.07, 6.45) is -0.715. The molecule has 0 aliphatic carbocycles. The molecule has 0 bridgehead atoms. The van der Waals surface area contributed by atoms with Gasteiger partial charge in [0, 0.05) is 29.9 Å². The molecule has 0 fully saturated rings. The minimum absolute atomic E-state index is 0.224. The summed E-state index contributed by atoms with van der Waals surface area (Å²) in [6.45, 7) is 14.7. The zero-order chi connectivity index (χ0) is 42.0. The lowest BCUT2D eigenvalue weighted by atomic mass is 9.94. The van der Waals surface area contributed by atoms with Crippen LogP contribution >= 0.6 is 0 Å². The van der Waals surface area contributed by atoms with Crippen LogP contribution in [0, 0.1) is 33.8 Å². The van der Waals surface area contributed by atoms with Gasteiger partial charge in [-0.25, -0.2) is 14.4 Å². The van der Waals surface area contributed by atoms with E-state index in [-0.39, 0.29) is 18.8 Å². The van der Waals surface area contributed by atoms with Crippen molar-refractivity contribution in [3.63, 3.8) is 0 Å². The number of esters is 2. The topological polar surface area (TPSA) is 211 Å². The molecule has 0 saturated carbocycles. The van der Waals surface area contributed by atoms with E-state index in [1.165, 1.54) is 33.1 Å². The summed E-state index contributed by atoms with van der Waals surface area (Å²) >= 11 is 0. The zero-order valence-electron chi connectivity index (χ0n) is 33.0. The van der Waals surface area contributed by atoms with Gasteiger partial charge in [-0.3, -0.25) is 19.7 Å². The number of nitrogens with zero attached hydrogens (tertiary/aromatic N) is 1. The van der Waals surface area contributed by atoms with Crippen LogP contribution in [0.5, 0.6) is 11.5 Å². The van der Waals surface area contributed by atoms with Crippen LogP contribution in [0.2, 0.25) is 0 Å². The van der Waals surface area contributed by atoms with Crippen molar-refractivity contribution in [2.45, 2.75) is 91.1 Å². The summed E-state index contributed by atoms with van der Waals surface area (Å²) < 4.78 is 25.4. The second kappa shape index (κ2) is 21.4. The molecule has 55 heavy (non-hydrogen) atoms. The van der Waals surface area contributed by atoms with Gasteiger partial charge in [0.1, 0.15) is 36.4 Å². The van der Waals surface area contributed by atoms with Crippen molar-refractivity contribution in [2.75, 3.05) is 27.4 Å². The molecule has 0 aromatic heterocycles. The first kappa shape index (κ1) is 46.7. The van der Waals surface area contributed by atoms with Crippen LogP contribution in [0.25, 0.3) is 0 Å². The van der Waals surface area contributed by atoms with E-state index < -0.39 is 63.5 Å². The third kappa shape index (κ3) is 15.7. The largest absolute Gasteiger partial charge is 0.481 e. The minimum Gasteiger partial charge on any atom is -0.481 e. The second-order valence-electron chi connectivity index (χ2n) is 13.6. The standard InChI is InChI=1S/C22H30N2O6.C17H20N2O6/c1-8-9-14-29-16-12-10-15(11-13-16)18(25)23-17(19(26)28-7)22(5,6)24-20(27)30-21(2,3)4;1-5-6-11-25-13-9-7-12(8-10-13)15(20)18-14(16(21)24-4)17(2,3)19(22)23/h10-13,17H,14H2,1-7H3,(H,23,25)(H,24,27);7-10,14H,11H2,1-4H3,(H,18,20). The lowest BCUT2D eigenvalue weighted by Crippen LogP contribution is -2.62. The number of rotatable bonds is 14. The van der Waals surface area contributed by atoms with Crippen molar-refractivity contribution in [2.24, 2.45) is 0 Å². The molecule has 0 radical (unpaired) electrons. The Morgan fingerprint density at radius 2 is 1.07 bits per heavy atom. The van der Waals surface area contributed by atoms with Gasteiger partial charge in [0.25, 0.3) is 11.8 Å². The molecule has 0 saturated heterocycles. The van der Waals surface area contributed by atoms with Gasteiger partial charge < -0.3 is 39.6 Å². The summed E-state index contributed by atoms with van der Waals surface area (Å²) in [4.78, 5) is 71.9. The summed E-state index contributed by atoms with van der Waals surface area (Å²) in [7, 11) is 2.30. The predicted octanol–water partition coefficient (Wildman–Crippen LogP) is 4.08. The highest BCUT2D eigenvalue weighted by molar-refractivity contribution is 5.98. The molecule has 2 aromatic carbocycles. The summed E-state index contributed by atoms with van der Waals surface area (Å²) in [6, 6.07) is 9.89. The molecule has 3 amide bonds. The maximum Gasteiger partial charge on any atom is 0.408 e. The fourth-order valence-corrected chi connectivity index (χ4v) is 4.25. The molecule has 0 aliphatic heterocycles. The van der Waals surface area contributed by atoms with E-state index in [0.717, 1.165) is 7.11 Å². The number of alkyl carbamates (subject to hydrolysis) is 1. The molecule has 298 valence electrons. The number of nitro groups is 1. The van der Waals surface area contributed by atoms with Crippen molar-refractivity contribution in [1.29, 1.82) is 0 Å². The van der Waals surface area contributed by atoms with Crippen LogP contribution in [0.3, 0.4) is 0 Å². The number of ether oxygens (including phenoxy) is 5. The molecule has 2 rings (SSSR count). The lowest BCUT2D eigenvalue weighted by molar-refractivity contribution is -0.562. The Balaban J connectivity index is 0.000000559. The van der Waals surface area contributed by atoms with Crippen molar-refractivity contribution in [3.8, 4) is 35.2 Å². The predicted molar refractivity (Wildman–Crippen MR) is 202 cm³/mol. The number of nitrogens with one attached hydrogen (secondary N) is 3. The third-order valence-electron chi connectivity index (χ3n) is 7.36. The number of carbonyl (C=O) groups is 5. The summed E-state index contributed by atoms with van der Waals surface area (Å²) in [5, 5.41) is 18.8. The van der Waals surface area contributed by atoms with Gasteiger partial charge in [0.05, 0.1) is 19.8 Å². The molecule has 0 spiro atoms. The normalized spacial score (nSPS) is 11.8. The Labute approximate surface area is 321 Å². The molecule has 0 aliphatic rings. The van der Waals surface area contributed by atoms with Gasteiger partial charge in [0.2, 0.25) is 5.54 Å². The number of methoxy groups -OCH3 is 2. The van der Waals surface area contributed by atoms with Gasteiger partial charge >= 0.3 is 18.0 Å². The monoisotopic (exact) mass is 766 g/mol. The van der Waals surface area contributed by atoms with Crippen LogP contribution < -0.4 is 25.4 Å². The number of carbonyl (C=O) groups excluding carboxylic acids is 5. The van der Waals surface area contributed by atoms with Gasteiger partial charge in [0.15, 0.2) is 6.04 Å². The van der Waals surface area contributed by atoms with E-state index in [1.807, 2.05) is 0 Å². The van der Waals surface area contributed by atoms with Crippen molar-refractivity contribution >= 4 is 29.8 Å². The molecular weight excluding hydrogens is 716 g/mol. The van der Waals surface area contributed by atoms with Crippen molar-refractivity contribution in [3.05, 3.63) is 69.8 Å². The first-order chi connectivity index (χ1) is 25.6. The molecule has 16 nitrogen and oxygen atoms in total. The first-order valence-corrected chi connectivity index (χ1v) is 16.8. The van der Waals surface area contributed by atoms with Crippen LogP contribution in [0.4, 0.5) is 4.79 Å². The molecule has 16 heteroatoms. The van der Waals surface area contributed by atoms with Gasteiger partial charge in [-0.15, -0.1) is 11.8 Å². The van der Waals surface area contributed by atoms with Crippen LogP contribution in [0.1, 0.15) is 83.0 Å². The maximum atomic E-state index is 12.7. The lowest BCUT2D eigenvalue weighted by Gasteiger charge is -2.34. The van der Waals surface area contributed by atoms with Gasteiger partial charge in [-0.2, -0.15) is 0 Å². The summed E-state index contributed by atoms with van der Waals surface area (Å²) in [5.41, 5.74) is -3.10. The average Bonchev–Trinajstić information content (AvgIpc) is 3.11. The van der Waals surface area contributed by atoms with E-state index in [1.54, 1.807) is 84.9 Å². The van der Waals surface area contributed by atoms with Crippen LogP contribution in [0.15, 0.2) is 48.5 Å². The van der Waals surface area contributed by atoms with E-state index in [0.29, 0.717) is 17.1 Å². The van der Waals surface area contributed by atoms with Crippen LogP contribution in [-0.2, 0) is 23.8 Å². The fraction of sp³-hybridized carbons (Fsp3) is 0.462. The van der Waals surface area contributed by atoms with E-state index >= 15 is 0 Å². The van der Waals surface area contributed by atoms with E-state index in [4.69, 9.17) is 18.9 Å². The Morgan fingerprint density at radius 1 is 0.691 bits per heavy atom. The Hall–Kier alpha value is -6.29. The van der Waals surface area contributed by atoms with Crippen LogP contribution in [-0.4, -0.2) is 91.0 Å². The Kier molecular flexibility index (Phi) is 18.2. The Bertz CT molecular complexity index is 1780. The number of hydrogen-bond acceptors (Lipinski definition) is 12. The highest BCUT2D eigenvalue weighted by Gasteiger charge is 2.47. The smallest absolute Gasteiger partial charge is 0.408 e. The molecule has 3 N–H and O–H groups in total. The summed E-state index contributed by atoms with van der Waals surface area (Å²) in [5.74, 6) is 9.27. The SMILES string of the molecule is CC#CCOc1ccc(C(=O)NC(C(=O)OC)C(C)(C)NC(=O)OC(C)(C)C)cc1.CC#CCOc1ccc(C(=O)NC(C(=O)OC)C(C)(C)[N+](=O)[O-])cc1. The highest BCUT2D eigenvalue weighted by atomic mass is 16.6. The van der Waals surface area contributed by atoms with Gasteiger partial charge in [-0.1, -0.05) is 11.8 Å². The second-order valence-corrected chi connectivity index (χ2v) is 13.6. The molecule has 2 aromatic rings. The molecule has 2 unspecified atom stereocenters. The highest BCUT2D eigenvalue weighted by Crippen LogP contribution is 2.19. The minimum atomic E-state index is -1.73. The number of amides is 3. The third-order valence-corrected chi connectivity index (χ3v) is 7.36. The molecular formula is C39H50N4O12. The maximum absolute atomic E-state index is 12.7. The number of benzene rings is 2. The van der Waals surface area contributed by atoms with Crippen molar-refractivity contribution < 1.29 is 52.6 Å².